The third-order valence-electron chi connectivity index (χ3n) is 9.22. The predicted octanol–water partition coefficient (Wildman–Crippen LogP) is 4.88. The molecule has 0 bridgehead atoms. The molecule has 1 saturated heterocycles. The lowest BCUT2D eigenvalue weighted by atomic mass is 9.97. The van der Waals surface area contributed by atoms with Gasteiger partial charge in [-0.05, 0) is 68.0 Å². The number of nitrogens with one attached hydrogen (secondary N) is 1. The van der Waals surface area contributed by atoms with Gasteiger partial charge in [-0.25, -0.2) is 0 Å². The highest BCUT2D eigenvalue weighted by molar-refractivity contribution is 6.31. The van der Waals surface area contributed by atoms with Crippen molar-refractivity contribution >= 4 is 11.6 Å². The molecule has 1 saturated carbocycles. The first kappa shape index (κ1) is 27.2. The number of nitrogens with zero attached hydrogens (tertiary/aromatic N) is 4. The number of fused-ring (bicyclic) bond motifs is 2. The Balaban J connectivity index is 1.11. The SMILES string of the molecule is C[C@H]1COCCN1CCCn1nc(-c2ccc(Cl)c(C#Cc3ccc4c(c3)CN(C3CC3)CC4)c2)c2c1CCNC2. The molecule has 1 aliphatic carbocycles. The molecule has 7 heteroatoms. The molecule has 41 heavy (non-hydrogen) atoms. The average molecular weight is 570 g/mol. The highest BCUT2D eigenvalue weighted by atomic mass is 35.5. The minimum absolute atomic E-state index is 0.488. The first-order chi connectivity index (χ1) is 20.1. The summed E-state index contributed by atoms with van der Waals surface area (Å²) in [6.45, 7) is 11.0. The van der Waals surface area contributed by atoms with Crippen LogP contribution in [0.4, 0.5) is 0 Å². The van der Waals surface area contributed by atoms with Crippen molar-refractivity contribution in [2.24, 2.45) is 0 Å². The highest BCUT2D eigenvalue weighted by Gasteiger charge is 2.31. The van der Waals surface area contributed by atoms with Crippen molar-refractivity contribution in [2.45, 2.75) is 70.7 Å². The van der Waals surface area contributed by atoms with Gasteiger partial charge in [0.2, 0.25) is 0 Å². The summed E-state index contributed by atoms with van der Waals surface area (Å²) in [7, 11) is 0. The van der Waals surface area contributed by atoms with Crippen LogP contribution >= 0.6 is 11.6 Å². The molecule has 3 aliphatic heterocycles. The van der Waals surface area contributed by atoms with Crippen molar-refractivity contribution in [3.8, 4) is 23.1 Å². The molecule has 7 rings (SSSR count). The largest absolute Gasteiger partial charge is 0.379 e. The number of ether oxygens (including phenoxy) is 1. The van der Waals surface area contributed by atoms with Gasteiger partial charge in [0, 0.05) is 92.3 Å². The van der Waals surface area contributed by atoms with Gasteiger partial charge < -0.3 is 10.1 Å². The molecule has 214 valence electrons. The standard InChI is InChI=1S/C34H40ClN5O/c1-24-23-41-18-17-38(24)14-2-15-40-33-11-13-36-21-31(33)34(37-40)28-7-10-32(35)27(20-28)6-4-25-3-5-26-12-16-39(30-8-9-30)22-29(26)19-25/h3,5,7,10,19-20,24,30,36H,2,8-9,11-18,21-23H2,1H3/t24-/m0/s1. The van der Waals surface area contributed by atoms with E-state index in [1.54, 1.807) is 0 Å². The number of morpholine rings is 1. The van der Waals surface area contributed by atoms with Crippen LogP contribution in [0.25, 0.3) is 11.3 Å². The predicted molar refractivity (Wildman–Crippen MR) is 164 cm³/mol. The summed E-state index contributed by atoms with van der Waals surface area (Å²) in [5.41, 5.74) is 9.64. The zero-order valence-electron chi connectivity index (χ0n) is 24.1. The van der Waals surface area contributed by atoms with Crippen molar-refractivity contribution in [1.82, 2.24) is 24.9 Å². The second-order valence-corrected chi connectivity index (χ2v) is 12.5. The van der Waals surface area contributed by atoms with E-state index < -0.39 is 0 Å². The first-order valence-electron chi connectivity index (χ1n) is 15.4. The zero-order valence-corrected chi connectivity index (χ0v) is 24.8. The number of halogens is 1. The van der Waals surface area contributed by atoms with Gasteiger partial charge in [0.05, 0.1) is 23.9 Å². The fourth-order valence-electron chi connectivity index (χ4n) is 6.67. The van der Waals surface area contributed by atoms with Crippen LogP contribution in [0.5, 0.6) is 0 Å². The van der Waals surface area contributed by atoms with Crippen LogP contribution in [0.1, 0.15) is 59.7 Å². The lowest BCUT2D eigenvalue weighted by Crippen LogP contribution is -2.44. The van der Waals surface area contributed by atoms with Crippen molar-refractivity contribution in [2.75, 3.05) is 39.4 Å². The summed E-state index contributed by atoms with van der Waals surface area (Å²) in [5.74, 6) is 6.81. The van der Waals surface area contributed by atoms with E-state index in [2.05, 4.69) is 68.9 Å². The van der Waals surface area contributed by atoms with E-state index in [0.717, 1.165) is 100 Å². The van der Waals surface area contributed by atoms with E-state index in [1.807, 2.05) is 6.07 Å². The monoisotopic (exact) mass is 569 g/mol. The second-order valence-electron chi connectivity index (χ2n) is 12.1. The van der Waals surface area contributed by atoms with Crippen molar-refractivity contribution in [3.05, 3.63) is 74.9 Å². The molecule has 3 aromatic rings. The molecule has 1 N–H and O–H groups in total. The minimum Gasteiger partial charge on any atom is -0.379 e. The molecule has 4 aliphatic rings. The normalized spacial score (nSPS) is 21.2. The third kappa shape index (κ3) is 5.98. The van der Waals surface area contributed by atoms with E-state index in [9.17, 15) is 0 Å². The van der Waals surface area contributed by atoms with Gasteiger partial charge in [-0.2, -0.15) is 5.10 Å². The fourth-order valence-corrected chi connectivity index (χ4v) is 6.83. The summed E-state index contributed by atoms with van der Waals surface area (Å²) in [4.78, 5) is 5.18. The van der Waals surface area contributed by atoms with E-state index in [1.165, 1.54) is 41.8 Å². The summed E-state index contributed by atoms with van der Waals surface area (Å²) in [6, 6.07) is 14.2. The Labute approximate surface area is 249 Å². The van der Waals surface area contributed by atoms with Crippen molar-refractivity contribution in [3.63, 3.8) is 0 Å². The molecule has 2 fully saturated rings. The Hall–Kier alpha value is -2.66. The molecule has 6 nitrogen and oxygen atoms in total. The topological polar surface area (TPSA) is 45.6 Å². The molecule has 4 heterocycles. The molecular weight excluding hydrogens is 530 g/mol. The maximum atomic E-state index is 6.67. The van der Waals surface area contributed by atoms with Crippen molar-refractivity contribution in [1.29, 1.82) is 0 Å². The quantitative estimate of drug-likeness (QED) is 0.429. The van der Waals surface area contributed by atoms with Gasteiger partial charge in [-0.3, -0.25) is 14.5 Å². The lowest BCUT2D eigenvalue weighted by Gasteiger charge is -2.33. The first-order valence-corrected chi connectivity index (χ1v) is 15.8. The molecule has 2 aromatic carbocycles. The van der Waals surface area contributed by atoms with E-state index in [0.29, 0.717) is 11.1 Å². The molecule has 0 unspecified atom stereocenters. The van der Waals surface area contributed by atoms with Gasteiger partial charge >= 0.3 is 0 Å². The van der Waals surface area contributed by atoms with Crippen LogP contribution in [-0.4, -0.2) is 71.1 Å². The number of hydrogen-bond acceptors (Lipinski definition) is 5. The van der Waals surface area contributed by atoms with Crippen molar-refractivity contribution < 1.29 is 4.74 Å². The summed E-state index contributed by atoms with van der Waals surface area (Å²) in [5, 5.41) is 9.41. The van der Waals surface area contributed by atoms with Gasteiger partial charge in [-0.1, -0.05) is 35.6 Å². The van der Waals surface area contributed by atoms with Gasteiger partial charge in [0.15, 0.2) is 0 Å². The number of hydrogen-bond donors (Lipinski definition) is 1. The fraction of sp³-hybridized carbons (Fsp3) is 0.500. The Morgan fingerprint density at radius 2 is 1.98 bits per heavy atom. The second kappa shape index (κ2) is 11.9. The molecule has 1 aromatic heterocycles. The van der Waals surface area contributed by atoms with Crippen LogP contribution < -0.4 is 5.32 Å². The van der Waals surface area contributed by atoms with Crippen LogP contribution in [0.15, 0.2) is 36.4 Å². The number of aryl methyl sites for hydroxylation is 1. The summed E-state index contributed by atoms with van der Waals surface area (Å²) < 4.78 is 7.87. The van der Waals surface area contributed by atoms with Crippen LogP contribution in [-0.2, 0) is 37.2 Å². The van der Waals surface area contributed by atoms with E-state index in [4.69, 9.17) is 21.4 Å². The number of benzene rings is 2. The van der Waals surface area contributed by atoms with Gasteiger partial charge in [0.1, 0.15) is 0 Å². The summed E-state index contributed by atoms with van der Waals surface area (Å²) >= 11 is 6.67. The summed E-state index contributed by atoms with van der Waals surface area (Å²) in [6.07, 6.45) is 5.95. The number of aromatic nitrogens is 2. The number of rotatable bonds is 6. The maximum absolute atomic E-state index is 6.67. The third-order valence-corrected chi connectivity index (χ3v) is 9.55. The zero-order chi connectivity index (χ0) is 27.8. The van der Waals surface area contributed by atoms with Gasteiger partial charge in [-0.15, -0.1) is 0 Å². The smallest absolute Gasteiger partial charge is 0.0971 e. The van der Waals surface area contributed by atoms with Crippen LogP contribution in [0.2, 0.25) is 5.02 Å². The molecule has 1 atom stereocenters. The Morgan fingerprint density at radius 3 is 2.85 bits per heavy atom. The van der Waals surface area contributed by atoms with Gasteiger partial charge in [0.25, 0.3) is 0 Å². The van der Waals surface area contributed by atoms with E-state index in [-0.39, 0.29) is 0 Å². The Morgan fingerprint density at radius 1 is 1.05 bits per heavy atom. The molecular formula is C34H40ClN5O. The average Bonchev–Trinajstić information content (AvgIpc) is 3.79. The maximum Gasteiger partial charge on any atom is 0.0971 e. The molecule has 0 spiro atoms. The van der Waals surface area contributed by atoms with Crippen LogP contribution in [0.3, 0.4) is 0 Å². The molecule has 0 amide bonds. The minimum atomic E-state index is 0.488. The lowest BCUT2D eigenvalue weighted by molar-refractivity contribution is -0.00122. The van der Waals surface area contributed by atoms with E-state index >= 15 is 0 Å². The Kier molecular flexibility index (Phi) is 7.90. The highest BCUT2D eigenvalue weighted by Crippen LogP contribution is 2.33. The Bertz CT molecular complexity index is 1480. The van der Waals surface area contributed by atoms with Crippen LogP contribution in [0, 0.1) is 11.8 Å². The molecule has 0 radical (unpaired) electrons.